The van der Waals surface area contributed by atoms with Gasteiger partial charge in [-0.05, 0) is 11.6 Å². The Balaban J connectivity index is 1.38. The summed E-state index contributed by atoms with van der Waals surface area (Å²) in [5, 5.41) is 3.85. The van der Waals surface area contributed by atoms with E-state index in [2.05, 4.69) is 71.9 Å². The number of benzene rings is 2. The van der Waals surface area contributed by atoms with Gasteiger partial charge >= 0.3 is 0 Å². The summed E-state index contributed by atoms with van der Waals surface area (Å²) >= 11 is 0. The lowest BCUT2D eigenvalue weighted by atomic mass is 10.1. The molecule has 2 aromatic carbocycles. The van der Waals surface area contributed by atoms with Crippen molar-refractivity contribution in [3.05, 3.63) is 60.2 Å². The molecule has 4 nitrogen and oxygen atoms in total. The number of likely N-dealkylation sites (N-methyl/N-ethyl adjacent to an activating group) is 1. The van der Waals surface area contributed by atoms with Gasteiger partial charge in [-0.3, -0.25) is 0 Å². The van der Waals surface area contributed by atoms with Crippen LogP contribution in [-0.2, 0) is 6.54 Å². The maximum Gasteiger partial charge on any atom is 0.127 e. The zero-order valence-electron chi connectivity index (χ0n) is 16.4. The van der Waals surface area contributed by atoms with E-state index >= 15 is 0 Å². The Kier molecular flexibility index (Phi) is 5.87. The van der Waals surface area contributed by atoms with E-state index in [1.165, 1.54) is 73.4 Å². The molecule has 2 heterocycles. The molecule has 1 fully saturated rings. The molecule has 1 aromatic heterocycles. The number of piperazine rings is 1. The van der Waals surface area contributed by atoms with Crippen LogP contribution in [0.3, 0.4) is 0 Å². The first-order valence-corrected chi connectivity index (χ1v) is 10.4. The normalized spacial score (nSPS) is 20.2. The molecule has 1 aliphatic heterocycles. The monoisotopic (exact) mass is 365 g/mol. The van der Waals surface area contributed by atoms with Crippen molar-refractivity contribution in [2.24, 2.45) is 0 Å². The molecule has 0 spiro atoms. The van der Waals surface area contributed by atoms with Crippen molar-refractivity contribution < 1.29 is 15.1 Å². The molecule has 0 saturated carbocycles. The van der Waals surface area contributed by atoms with Crippen LogP contribution in [0.5, 0.6) is 0 Å². The minimum absolute atomic E-state index is 1.04. The second kappa shape index (κ2) is 8.70. The van der Waals surface area contributed by atoms with E-state index < -0.39 is 0 Å². The van der Waals surface area contributed by atoms with Gasteiger partial charge in [-0.2, -0.15) is 0 Å². The number of fused-ring (bicyclic) bond motifs is 1. The maximum atomic E-state index is 3.65. The lowest BCUT2D eigenvalue weighted by Crippen LogP contribution is -3.27. The predicted molar refractivity (Wildman–Crippen MR) is 111 cm³/mol. The topological polar surface area (TPSA) is 41.3 Å². The number of hydrogen-bond acceptors (Lipinski definition) is 0. The third kappa shape index (κ3) is 4.41. The molecule has 3 aromatic rings. The molecule has 0 unspecified atom stereocenters. The molecule has 1 aliphatic rings. The summed E-state index contributed by atoms with van der Waals surface area (Å²) in [7, 11) is 2.32. The van der Waals surface area contributed by atoms with Gasteiger partial charge in [0.1, 0.15) is 32.7 Å². The lowest BCUT2D eigenvalue weighted by Gasteiger charge is -2.27. The van der Waals surface area contributed by atoms with E-state index in [0.717, 1.165) is 6.54 Å². The Labute approximate surface area is 162 Å². The minimum atomic E-state index is 1.04. The number of H-pyrrole nitrogens is 1. The van der Waals surface area contributed by atoms with Crippen LogP contribution in [-0.4, -0.2) is 51.3 Å². The third-order valence-electron chi connectivity index (χ3n) is 5.97. The summed E-state index contributed by atoms with van der Waals surface area (Å²) < 4.78 is 0. The van der Waals surface area contributed by atoms with Crippen molar-refractivity contribution in [3.8, 4) is 11.3 Å². The van der Waals surface area contributed by atoms with E-state index in [0.29, 0.717) is 0 Å². The fraction of sp³-hybridized carbons (Fsp3) is 0.391. The summed E-state index contributed by atoms with van der Waals surface area (Å²) in [5.74, 6) is 0. The molecule has 4 heteroatoms. The average Bonchev–Trinajstić information content (AvgIpc) is 3.08. The summed E-state index contributed by atoms with van der Waals surface area (Å²) in [6, 6.07) is 19.4. The van der Waals surface area contributed by atoms with Crippen LogP contribution in [0, 0.1) is 0 Å². The Bertz CT molecular complexity index is 847. The van der Waals surface area contributed by atoms with Gasteiger partial charge in [0, 0.05) is 22.9 Å². The number of quaternary nitrogens is 3. The first kappa shape index (κ1) is 18.2. The van der Waals surface area contributed by atoms with Crippen LogP contribution in [0.25, 0.3) is 22.2 Å². The van der Waals surface area contributed by atoms with Crippen molar-refractivity contribution in [3.63, 3.8) is 0 Å². The zero-order valence-corrected chi connectivity index (χ0v) is 16.4. The molecule has 5 N–H and O–H groups in total. The van der Waals surface area contributed by atoms with Crippen molar-refractivity contribution >= 4 is 10.9 Å². The molecule has 0 radical (unpaired) electrons. The van der Waals surface area contributed by atoms with Gasteiger partial charge in [0.2, 0.25) is 0 Å². The maximum absolute atomic E-state index is 3.65. The van der Waals surface area contributed by atoms with Gasteiger partial charge in [0.15, 0.2) is 0 Å². The van der Waals surface area contributed by atoms with Crippen LogP contribution in [0.4, 0.5) is 0 Å². The number of aromatic amines is 1. The lowest BCUT2D eigenvalue weighted by molar-refractivity contribution is -1.00. The highest BCUT2D eigenvalue weighted by atomic mass is 15.2. The number of hydrogen-bond donors (Lipinski definition) is 4. The fourth-order valence-corrected chi connectivity index (χ4v) is 4.29. The highest BCUT2D eigenvalue weighted by molar-refractivity contribution is 5.90. The Hall–Kier alpha value is -2.14. The van der Waals surface area contributed by atoms with Gasteiger partial charge in [-0.15, -0.1) is 0 Å². The predicted octanol–water partition coefficient (Wildman–Crippen LogP) is -0.298. The van der Waals surface area contributed by atoms with Crippen molar-refractivity contribution in [2.75, 3.05) is 46.3 Å². The van der Waals surface area contributed by atoms with Gasteiger partial charge in [-0.25, -0.2) is 0 Å². The number of nitrogens with two attached hydrogens (primary N) is 1. The smallest absolute Gasteiger partial charge is 0.127 e. The van der Waals surface area contributed by atoms with Gasteiger partial charge < -0.3 is 20.1 Å². The second-order valence-corrected chi connectivity index (χ2v) is 7.98. The molecule has 142 valence electrons. The largest absolute Gasteiger partial charge is 0.354 e. The van der Waals surface area contributed by atoms with Gasteiger partial charge in [-0.1, -0.05) is 48.5 Å². The van der Waals surface area contributed by atoms with Crippen molar-refractivity contribution in [2.45, 2.75) is 13.0 Å². The molecular formula is C23H33N4+3. The number of aromatic nitrogens is 1. The number of nitrogens with one attached hydrogen (secondary N) is 3. The van der Waals surface area contributed by atoms with E-state index in [4.69, 9.17) is 0 Å². The average molecular weight is 366 g/mol. The molecule has 1 saturated heterocycles. The van der Waals surface area contributed by atoms with Gasteiger partial charge in [0.25, 0.3) is 0 Å². The zero-order chi connectivity index (χ0) is 18.5. The summed E-state index contributed by atoms with van der Waals surface area (Å²) in [6.45, 7) is 8.90. The molecule has 0 bridgehead atoms. The molecule has 0 atom stereocenters. The number of rotatable bonds is 7. The molecule has 0 aliphatic carbocycles. The van der Waals surface area contributed by atoms with E-state index in [9.17, 15) is 0 Å². The second-order valence-electron chi connectivity index (χ2n) is 7.98. The van der Waals surface area contributed by atoms with Crippen LogP contribution < -0.4 is 15.1 Å². The van der Waals surface area contributed by atoms with E-state index in [1.807, 2.05) is 0 Å². The Morgan fingerprint density at radius 1 is 0.926 bits per heavy atom. The summed E-state index contributed by atoms with van der Waals surface area (Å²) in [4.78, 5) is 7.14. The molecule has 0 amide bonds. The highest BCUT2D eigenvalue weighted by Crippen LogP contribution is 2.29. The first-order chi connectivity index (χ1) is 13.3. The molecule has 4 rings (SSSR count). The SMILES string of the molecule is C[NH+]1CC[NH+](CCC[NH2+]Cc2c(-c3ccccc3)[nH]c3ccccc23)CC1. The van der Waals surface area contributed by atoms with Crippen molar-refractivity contribution in [1.82, 2.24) is 4.98 Å². The standard InChI is InChI=1S/C23H30N4/c1-26-14-16-27(17-15-26)13-7-12-24-18-21-20-10-5-6-11-22(20)25-23(21)19-8-3-2-4-9-19/h2-6,8-11,24-25H,7,12-18H2,1H3/p+3. The minimum Gasteiger partial charge on any atom is -0.354 e. The first-order valence-electron chi connectivity index (χ1n) is 10.4. The van der Waals surface area contributed by atoms with Crippen LogP contribution in [0.1, 0.15) is 12.0 Å². The molecular weight excluding hydrogens is 332 g/mol. The quantitative estimate of drug-likeness (QED) is 0.416. The Morgan fingerprint density at radius 2 is 1.67 bits per heavy atom. The summed E-state index contributed by atoms with van der Waals surface area (Å²) in [5.41, 5.74) is 5.23. The van der Waals surface area contributed by atoms with E-state index in [1.54, 1.807) is 9.80 Å². The van der Waals surface area contributed by atoms with Crippen molar-refractivity contribution in [1.29, 1.82) is 0 Å². The van der Waals surface area contributed by atoms with Crippen LogP contribution >= 0.6 is 0 Å². The van der Waals surface area contributed by atoms with E-state index in [-0.39, 0.29) is 0 Å². The fourth-order valence-electron chi connectivity index (χ4n) is 4.29. The van der Waals surface area contributed by atoms with Crippen LogP contribution in [0.2, 0.25) is 0 Å². The number of para-hydroxylation sites is 1. The third-order valence-corrected chi connectivity index (χ3v) is 5.97. The summed E-state index contributed by atoms with van der Waals surface area (Å²) in [6.07, 6.45) is 1.30. The Morgan fingerprint density at radius 3 is 2.48 bits per heavy atom. The highest BCUT2D eigenvalue weighted by Gasteiger charge is 2.19. The molecule has 27 heavy (non-hydrogen) atoms. The van der Waals surface area contributed by atoms with Gasteiger partial charge in [0.05, 0.1) is 25.8 Å². The van der Waals surface area contributed by atoms with Crippen LogP contribution in [0.15, 0.2) is 54.6 Å².